The van der Waals surface area contributed by atoms with Crippen molar-refractivity contribution in [2.45, 2.75) is 6.92 Å². The van der Waals surface area contributed by atoms with E-state index >= 15 is 0 Å². The van der Waals surface area contributed by atoms with Crippen molar-refractivity contribution >= 4 is 34.9 Å². The minimum atomic E-state index is -0.673. The number of rotatable bonds is 7. The Balaban J connectivity index is 1.81. The molecule has 11 nitrogen and oxygen atoms in total. The minimum Gasteiger partial charge on any atom is -0.507 e. The van der Waals surface area contributed by atoms with Gasteiger partial charge in [0.05, 0.1) is 16.1 Å². The first kappa shape index (κ1) is 21.9. The quantitative estimate of drug-likeness (QED) is 0.284. The molecule has 0 saturated heterocycles. The van der Waals surface area contributed by atoms with E-state index in [9.17, 15) is 30.1 Å². The van der Waals surface area contributed by atoms with Crippen molar-refractivity contribution in [1.29, 1.82) is 0 Å². The number of nitrogens with one attached hydrogen (secondary N) is 2. The third-order valence-electron chi connectivity index (χ3n) is 4.46. The summed E-state index contributed by atoms with van der Waals surface area (Å²) in [6, 6.07) is 14.3. The Morgan fingerprint density at radius 2 is 1.75 bits per heavy atom. The Hall–Kier alpha value is -4.80. The van der Waals surface area contributed by atoms with Gasteiger partial charge in [-0.15, -0.1) is 0 Å². The van der Waals surface area contributed by atoms with Crippen molar-refractivity contribution in [1.82, 2.24) is 0 Å². The maximum atomic E-state index is 12.5. The zero-order chi connectivity index (χ0) is 23.3. The van der Waals surface area contributed by atoms with Gasteiger partial charge in [-0.05, 0) is 36.8 Å². The number of nitro benzene ring substituents is 2. The van der Waals surface area contributed by atoms with Crippen molar-refractivity contribution < 1.29 is 19.7 Å². The second-order valence-electron chi connectivity index (χ2n) is 6.63. The van der Waals surface area contributed by atoms with Gasteiger partial charge in [-0.1, -0.05) is 18.2 Å². The molecule has 0 aromatic heterocycles. The van der Waals surface area contributed by atoms with Crippen LogP contribution in [-0.4, -0.2) is 27.1 Å². The van der Waals surface area contributed by atoms with Crippen LogP contribution in [0.4, 0.5) is 22.7 Å². The van der Waals surface area contributed by atoms with Gasteiger partial charge in [-0.3, -0.25) is 30.4 Å². The Labute approximate surface area is 181 Å². The standard InChI is InChI=1S/C21H17N5O6/c1-13-4-2-3-5-17(13)23-21(28)14-6-8-18(19(11-14)26(31)32)24-22-12-15-10-16(25(29)30)7-9-20(15)27/h2-12,24,27H,1H3,(H,23,28)/b22-12-. The van der Waals surface area contributed by atoms with Crippen molar-refractivity contribution in [3.05, 3.63) is 97.6 Å². The van der Waals surface area contributed by atoms with E-state index in [0.29, 0.717) is 5.69 Å². The highest BCUT2D eigenvalue weighted by Gasteiger charge is 2.18. The molecule has 1 amide bonds. The third kappa shape index (κ3) is 5.02. The van der Waals surface area contributed by atoms with Crippen molar-refractivity contribution in [2.24, 2.45) is 5.10 Å². The summed E-state index contributed by atoms with van der Waals surface area (Å²) < 4.78 is 0. The average Bonchev–Trinajstić information content (AvgIpc) is 2.76. The van der Waals surface area contributed by atoms with Gasteiger partial charge >= 0.3 is 0 Å². The number of aryl methyl sites for hydroxylation is 1. The van der Waals surface area contributed by atoms with Crippen LogP contribution in [0.5, 0.6) is 5.75 Å². The molecule has 0 atom stereocenters. The predicted molar refractivity (Wildman–Crippen MR) is 118 cm³/mol. The topological polar surface area (TPSA) is 160 Å². The Bertz CT molecular complexity index is 1240. The molecule has 11 heteroatoms. The smallest absolute Gasteiger partial charge is 0.294 e. The second-order valence-corrected chi connectivity index (χ2v) is 6.63. The summed E-state index contributed by atoms with van der Waals surface area (Å²) in [6.07, 6.45) is 1.09. The Kier molecular flexibility index (Phi) is 6.39. The molecule has 3 rings (SSSR count). The largest absolute Gasteiger partial charge is 0.507 e. The first-order valence-electron chi connectivity index (χ1n) is 9.18. The number of anilines is 2. The molecule has 0 unspecified atom stereocenters. The van der Waals surface area contributed by atoms with Gasteiger partial charge in [0, 0.05) is 35.0 Å². The normalized spacial score (nSPS) is 10.7. The van der Waals surface area contributed by atoms with E-state index in [4.69, 9.17) is 0 Å². The Morgan fingerprint density at radius 1 is 1.00 bits per heavy atom. The highest BCUT2D eigenvalue weighted by molar-refractivity contribution is 6.05. The monoisotopic (exact) mass is 435 g/mol. The molecule has 0 aliphatic heterocycles. The maximum Gasteiger partial charge on any atom is 0.294 e. The fourth-order valence-electron chi connectivity index (χ4n) is 2.76. The van der Waals surface area contributed by atoms with Crippen LogP contribution in [-0.2, 0) is 0 Å². The number of benzene rings is 3. The van der Waals surface area contributed by atoms with E-state index in [0.717, 1.165) is 36.0 Å². The lowest BCUT2D eigenvalue weighted by Gasteiger charge is -2.09. The number of hydrazone groups is 1. The van der Waals surface area contributed by atoms with Crippen molar-refractivity contribution in [2.75, 3.05) is 10.7 Å². The van der Waals surface area contributed by atoms with Gasteiger partial charge in [-0.2, -0.15) is 5.10 Å². The molecule has 32 heavy (non-hydrogen) atoms. The van der Waals surface area contributed by atoms with Gasteiger partial charge in [-0.25, -0.2) is 0 Å². The van der Waals surface area contributed by atoms with E-state index in [1.165, 1.54) is 12.1 Å². The molecular formula is C21H17N5O6. The number of hydrogen-bond donors (Lipinski definition) is 3. The minimum absolute atomic E-state index is 0.0105. The number of aromatic hydroxyl groups is 1. The van der Waals surface area contributed by atoms with Gasteiger partial charge in [0.1, 0.15) is 11.4 Å². The number of amides is 1. The fraction of sp³-hybridized carbons (Fsp3) is 0.0476. The number of carbonyl (C=O) groups is 1. The van der Waals surface area contributed by atoms with Crippen LogP contribution >= 0.6 is 0 Å². The number of phenolic OH excluding ortho intramolecular Hbond substituents is 1. The van der Waals surface area contributed by atoms with Crippen molar-refractivity contribution in [3.63, 3.8) is 0 Å². The second kappa shape index (κ2) is 9.34. The fourth-order valence-corrected chi connectivity index (χ4v) is 2.76. The molecule has 0 fully saturated rings. The number of non-ortho nitro benzene ring substituents is 1. The number of para-hydroxylation sites is 1. The van der Waals surface area contributed by atoms with Crippen LogP contribution in [0.3, 0.4) is 0 Å². The van der Waals surface area contributed by atoms with Gasteiger partial charge in [0.15, 0.2) is 0 Å². The molecule has 3 N–H and O–H groups in total. The SMILES string of the molecule is Cc1ccccc1NC(=O)c1ccc(N/N=C\c2cc([N+](=O)[O-])ccc2O)c([N+](=O)[O-])c1. The number of carbonyl (C=O) groups excluding carboxylic acids is 1. The third-order valence-corrected chi connectivity index (χ3v) is 4.46. The van der Waals surface area contributed by atoms with Crippen LogP contribution < -0.4 is 10.7 Å². The van der Waals surface area contributed by atoms with E-state index in [-0.39, 0.29) is 28.3 Å². The van der Waals surface area contributed by atoms with Crippen LogP contribution in [0.15, 0.2) is 65.8 Å². The molecule has 0 aliphatic carbocycles. The van der Waals surface area contributed by atoms with Gasteiger partial charge in [0.2, 0.25) is 0 Å². The first-order valence-corrected chi connectivity index (χ1v) is 9.18. The summed E-state index contributed by atoms with van der Waals surface area (Å²) in [5.74, 6) is -0.766. The maximum absolute atomic E-state index is 12.5. The lowest BCUT2D eigenvalue weighted by molar-refractivity contribution is -0.384. The van der Waals surface area contributed by atoms with E-state index < -0.39 is 21.4 Å². The number of nitrogens with zero attached hydrogens (tertiary/aromatic N) is 3. The molecular weight excluding hydrogens is 418 g/mol. The lowest BCUT2D eigenvalue weighted by atomic mass is 10.1. The van der Waals surface area contributed by atoms with E-state index in [2.05, 4.69) is 15.8 Å². The Morgan fingerprint density at radius 3 is 2.44 bits per heavy atom. The molecule has 0 bridgehead atoms. The molecule has 0 aliphatic rings. The molecule has 162 valence electrons. The van der Waals surface area contributed by atoms with Crippen LogP contribution in [0.2, 0.25) is 0 Å². The summed E-state index contributed by atoms with van der Waals surface area (Å²) in [6.45, 7) is 1.82. The lowest BCUT2D eigenvalue weighted by Crippen LogP contribution is -2.13. The number of hydrogen-bond acceptors (Lipinski definition) is 8. The van der Waals surface area contributed by atoms with Gasteiger partial charge < -0.3 is 10.4 Å². The predicted octanol–water partition coefficient (Wildman–Crippen LogP) is 4.22. The molecule has 0 spiro atoms. The van der Waals surface area contributed by atoms with Crippen LogP contribution in [0, 0.1) is 27.2 Å². The highest BCUT2D eigenvalue weighted by atomic mass is 16.6. The zero-order valence-corrected chi connectivity index (χ0v) is 16.7. The molecule has 0 saturated carbocycles. The summed E-state index contributed by atoms with van der Waals surface area (Å²) in [5, 5.41) is 38.7. The molecule has 3 aromatic carbocycles. The highest BCUT2D eigenvalue weighted by Crippen LogP contribution is 2.27. The zero-order valence-electron chi connectivity index (χ0n) is 16.7. The first-order chi connectivity index (χ1) is 15.3. The van der Waals surface area contributed by atoms with Crippen molar-refractivity contribution in [3.8, 4) is 5.75 Å². The van der Waals surface area contributed by atoms with E-state index in [1.807, 2.05) is 19.1 Å². The average molecular weight is 435 g/mol. The van der Waals surface area contributed by atoms with Crippen LogP contribution in [0.1, 0.15) is 21.5 Å². The molecule has 0 heterocycles. The summed E-state index contributed by atoms with van der Waals surface area (Å²) in [7, 11) is 0. The molecule has 3 aromatic rings. The summed E-state index contributed by atoms with van der Waals surface area (Å²) in [5.41, 5.74) is 3.34. The van der Waals surface area contributed by atoms with Gasteiger partial charge in [0.25, 0.3) is 17.3 Å². The summed E-state index contributed by atoms with van der Waals surface area (Å²) in [4.78, 5) is 33.5. The number of phenols is 1. The summed E-state index contributed by atoms with van der Waals surface area (Å²) >= 11 is 0. The number of nitro groups is 2. The van der Waals surface area contributed by atoms with E-state index in [1.54, 1.807) is 12.1 Å². The molecule has 0 radical (unpaired) electrons. The van der Waals surface area contributed by atoms with Crippen LogP contribution in [0.25, 0.3) is 0 Å².